The van der Waals surface area contributed by atoms with Gasteiger partial charge in [-0.1, -0.05) is 23.9 Å². The minimum absolute atomic E-state index is 0.0467. The minimum Gasteiger partial charge on any atom is -0.372 e. The van der Waals surface area contributed by atoms with E-state index in [1.165, 1.54) is 17.8 Å². The van der Waals surface area contributed by atoms with E-state index in [4.69, 9.17) is 4.74 Å². The molecule has 1 aliphatic heterocycles. The van der Waals surface area contributed by atoms with E-state index in [0.29, 0.717) is 35.4 Å². The van der Waals surface area contributed by atoms with E-state index in [9.17, 15) is 9.18 Å². The van der Waals surface area contributed by atoms with Gasteiger partial charge in [-0.15, -0.1) is 10.2 Å². The van der Waals surface area contributed by atoms with Crippen molar-refractivity contribution in [2.75, 3.05) is 18.8 Å². The number of ether oxygens (including phenoxy) is 1. The number of carbonyl (C=O) groups excluding carboxylic acids is 1. The van der Waals surface area contributed by atoms with Crippen molar-refractivity contribution >= 4 is 17.7 Å². The fourth-order valence-corrected chi connectivity index (χ4v) is 4.37. The molecule has 0 spiro atoms. The van der Waals surface area contributed by atoms with E-state index in [1.54, 1.807) is 18.2 Å². The molecule has 8 heteroatoms. The first-order valence-electron chi connectivity index (χ1n) is 9.28. The number of amides is 1. The van der Waals surface area contributed by atoms with E-state index in [-0.39, 0.29) is 30.0 Å². The van der Waals surface area contributed by atoms with Gasteiger partial charge in [0.05, 0.1) is 23.5 Å². The zero-order valence-electron chi connectivity index (χ0n) is 15.5. The molecule has 1 aromatic heterocycles. The van der Waals surface area contributed by atoms with Crippen molar-refractivity contribution in [1.82, 2.24) is 19.7 Å². The van der Waals surface area contributed by atoms with Gasteiger partial charge in [0.15, 0.2) is 11.0 Å². The van der Waals surface area contributed by atoms with E-state index in [2.05, 4.69) is 10.2 Å². The van der Waals surface area contributed by atoms with Crippen LogP contribution in [0.3, 0.4) is 0 Å². The van der Waals surface area contributed by atoms with Crippen LogP contribution in [-0.4, -0.2) is 56.6 Å². The lowest BCUT2D eigenvalue weighted by Gasteiger charge is -2.35. The highest BCUT2D eigenvalue weighted by atomic mass is 32.2. The number of thioether (sulfide) groups is 1. The van der Waals surface area contributed by atoms with Crippen molar-refractivity contribution in [2.45, 2.75) is 50.1 Å². The zero-order valence-corrected chi connectivity index (χ0v) is 16.3. The van der Waals surface area contributed by atoms with Gasteiger partial charge in [0.2, 0.25) is 5.91 Å². The molecule has 1 saturated heterocycles. The molecule has 1 saturated carbocycles. The number of rotatable bonds is 5. The van der Waals surface area contributed by atoms with Crippen molar-refractivity contribution in [2.24, 2.45) is 0 Å². The van der Waals surface area contributed by atoms with Gasteiger partial charge < -0.3 is 9.64 Å². The Labute approximate surface area is 162 Å². The van der Waals surface area contributed by atoms with Crippen LogP contribution < -0.4 is 0 Å². The number of morpholine rings is 1. The van der Waals surface area contributed by atoms with E-state index >= 15 is 0 Å². The van der Waals surface area contributed by atoms with E-state index in [0.717, 1.165) is 12.8 Å². The lowest BCUT2D eigenvalue weighted by Crippen LogP contribution is -2.48. The van der Waals surface area contributed by atoms with Gasteiger partial charge >= 0.3 is 0 Å². The molecule has 2 aliphatic rings. The second kappa shape index (κ2) is 7.59. The van der Waals surface area contributed by atoms with Crippen molar-refractivity contribution in [3.63, 3.8) is 0 Å². The molecule has 2 heterocycles. The van der Waals surface area contributed by atoms with Crippen LogP contribution in [0.5, 0.6) is 0 Å². The molecule has 144 valence electrons. The van der Waals surface area contributed by atoms with Crippen molar-refractivity contribution in [3.05, 3.63) is 30.1 Å². The third kappa shape index (κ3) is 4.01. The highest BCUT2D eigenvalue weighted by molar-refractivity contribution is 7.99. The summed E-state index contributed by atoms with van der Waals surface area (Å²) >= 11 is 1.38. The summed E-state index contributed by atoms with van der Waals surface area (Å²) in [5.41, 5.74) is 0.450. The first kappa shape index (κ1) is 18.4. The molecule has 0 bridgehead atoms. The van der Waals surface area contributed by atoms with Gasteiger partial charge in [0.1, 0.15) is 5.82 Å². The highest BCUT2D eigenvalue weighted by Crippen LogP contribution is 2.41. The van der Waals surface area contributed by atoms with Crippen LogP contribution in [0.25, 0.3) is 11.4 Å². The van der Waals surface area contributed by atoms with Crippen LogP contribution in [0, 0.1) is 5.82 Å². The molecular weight excluding hydrogens is 367 g/mol. The maximum absolute atomic E-state index is 14.2. The SMILES string of the molecule is C[C@@H]1CN(C(=O)CSc2nnc(-c3ccccc3F)n2C2CC2)C[C@H](C)O1. The van der Waals surface area contributed by atoms with Crippen molar-refractivity contribution in [1.29, 1.82) is 0 Å². The Balaban J connectivity index is 1.50. The molecule has 0 unspecified atom stereocenters. The lowest BCUT2D eigenvalue weighted by molar-refractivity contribution is -0.140. The van der Waals surface area contributed by atoms with Gasteiger partial charge in [-0.25, -0.2) is 4.39 Å². The summed E-state index contributed by atoms with van der Waals surface area (Å²) < 4.78 is 21.9. The first-order chi connectivity index (χ1) is 13.0. The van der Waals surface area contributed by atoms with Gasteiger partial charge in [-0.2, -0.15) is 0 Å². The molecule has 0 radical (unpaired) electrons. The third-order valence-corrected chi connectivity index (χ3v) is 5.72. The van der Waals surface area contributed by atoms with Gasteiger partial charge in [0.25, 0.3) is 0 Å². The van der Waals surface area contributed by atoms with Crippen LogP contribution in [-0.2, 0) is 9.53 Å². The Morgan fingerprint density at radius 2 is 1.93 bits per heavy atom. The number of benzene rings is 1. The van der Waals surface area contributed by atoms with Crippen LogP contribution in [0.2, 0.25) is 0 Å². The predicted octanol–water partition coefficient (Wildman–Crippen LogP) is 3.15. The predicted molar refractivity (Wildman–Crippen MR) is 101 cm³/mol. The molecule has 6 nitrogen and oxygen atoms in total. The van der Waals surface area contributed by atoms with Crippen molar-refractivity contribution < 1.29 is 13.9 Å². The first-order valence-corrected chi connectivity index (χ1v) is 10.3. The highest BCUT2D eigenvalue weighted by Gasteiger charge is 2.32. The molecule has 27 heavy (non-hydrogen) atoms. The Morgan fingerprint density at radius 1 is 1.22 bits per heavy atom. The Morgan fingerprint density at radius 3 is 2.59 bits per heavy atom. The molecule has 2 atom stereocenters. The third-order valence-electron chi connectivity index (χ3n) is 4.79. The number of nitrogens with zero attached hydrogens (tertiary/aromatic N) is 4. The summed E-state index contributed by atoms with van der Waals surface area (Å²) in [7, 11) is 0. The maximum Gasteiger partial charge on any atom is 0.233 e. The van der Waals surface area contributed by atoms with Crippen molar-refractivity contribution in [3.8, 4) is 11.4 Å². The average Bonchev–Trinajstić information content (AvgIpc) is 3.39. The smallest absolute Gasteiger partial charge is 0.233 e. The number of halogens is 1. The second-order valence-electron chi connectivity index (χ2n) is 7.23. The van der Waals surface area contributed by atoms with Gasteiger partial charge in [0, 0.05) is 19.1 Å². The van der Waals surface area contributed by atoms with Crippen LogP contribution in [0.1, 0.15) is 32.7 Å². The van der Waals surface area contributed by atoms with Gasteiger partial charge in [-0.05, 0) is 38.8 Å². The minimum atomic E-state index is -0.310. The normalized spacial score (nSPS) is 22.9. The average molecular weight is 390 g/mol. The standard InChI is InChI=1S/C19H23FN4O2S/c1-12-9-23(10-13(2)26-12)17(25)11-27-19-22-21-18(24(19)14-7-8-14)15-5-3-4-6-16(15)20/h3-6,12-14H,7-11H2,1-2H3/t12-,13+. The Kier molecular flexibility index (Phi) is 5.19. The number of carbonyl (C=O) groups is 1. The molecule has 1 aromatic carbocycles. The summed E-state index contributed by atoms with van der Waals surface area (Å²) in [4.78, 5) is 14.5. The summed E-state index contributed by atoms with van der Waals surface area (Å²) in [6, 6.07) is 6.89. The number of hydrogen-bond donors (Lipinski definition) is 0. The molecule has 1 amide bonds. The van der Waals surface area contributed by atoms with Crippen LogP contribution in [0.4, 0.5) is 4.39 Å². The summed E-state index contributed by atoms with van der Waals surface area (Å²) in [6.07, 6.45) is 2.15. The lowest BCUT2D eigenvalue weighted by atomic mass is 10.2. The fraction of sp³-hybridized carbons (Fsp3) is 0.526. The van der Waals surface area contributed by atoms with E-state index < -0.39 is 0 Å². The quantitative estimate of drug-likeness (QED) is 0.734. The molecule has 4 rings (SSSR count). The van der Waals surface area contributed by atoms with Gasteiger partial charge in [-0.3, -0.25) is 9.36 Å². The van der Waals surface area contributed by atoms with Crippen LogP contribution >= 0.6 is 11.8 Å². The van der Waals surface area contributed by atoms with E-state index in [1.807, 2.05) is 23.3 Å². The number of hydrogen-bond acceptors (Lipinski definition) is 5. The molecule has 1 aliphatic carbocycles. The molecule has 0 N–H and O–H groups in total. The monoisotopic (exact) mass is 390 g/mol. The molecule has 2 aromatic rings. The number of aromatic nitrogens is 3. The second-order valence-corrected chi connectivity index (χ2v) is 8.17. The Bertz CT molecular complexity index is 829. The maximum atomic E-state index is 14.2. The topological polar surface area (TPSA) is 60.2 Å². The fourth-order valence-electron chi connectivity index (χ4n) is 3.46. The Hall–Kier alpha value is -1.93. The summed E-state index contributed by atoms with van der Waals surface area (Å²) in [6.45, 7) is 5.18. The largest absolute Gasteiger partial charge is 0.372 e. The molecule has 2 fully saturated rings. The summed E-state index contributed by atoms with van der Waals surface area (Å²) in [5.74, 6) is 0.594. The summed E-state index contributed by atoms with van der Waals surface area (Å²) in [5, 5.41) is 9.17. The zero-order chi connectivity index (χ0) is 19.0. The van der Waals surface area contributed by atoms with Crippen LogP contribution in [0.15, 0.2) is 29.4 Å². The molecular formula is C19H23FN4O2S.